The van der Waals surface area contributed by atoms with E-state index in [0.717, 1.165) is 23.8 Å². The number of fused-ring (bicyclic) bond motifs is 4. The van der Waals surface area contributed by atoms with Gasteiger partial charge in [0.05, 0.1) is 11.6 Å². The number of aliphatic hydroxyl groups excluding tert-OH is 2. The number of hydrogen-bond donors (Lipinski definition) is 6. The molecular formula is C29H31N3O7. The van der Waals surface area contributed by atoms with Crippen LogP contribution in [-0.2, 0) is 22.6 Å². The monoisotopic (exact) mass is 533 g/mol. The average molecular weight is 534 g/mol. The second kappa shape index (κ2) is 8.64. The van der Waals surface area contributed by atoms with Crippen molar-refractivity contribution in [1.29, 1.82) is 0 Å². The molecule has 2 aromatic rings. The number of carbonyl (C=O) groups is 3. The average Bonchev–Trinajstić information content (AvgIpc) is 3.69. The van der Waals surface area contributed by atoms with Crippen molar-refractivity contribution in [3.63, 3.8) is 0 Å². The second-order valence-corrected chi connectivity index (χ2v) is 11.4. The Balaban J connectivity index is 1.50. The standard InChI is InChI=1S/C29H31N3O7/c1-32(2)22-18-10-14-8-13-9-17-12(11-31-15-6-7-15)4-3-5-16(17)23(33)19(13)24(34)20(14)26(36)29(18,39)27(37)21(25(22)35)28(30)38/h3-5,9,14-15,18,22,31,33,35-36,39H,6-8,10-11H2,1-2H3,(H2,30,38)/t14-,18-,22-,29-/m0/s1. The lowest BCUT2D eigenvalue weighted by Crippen LogP contribution is -2.63. The van der Waals surface area contributed by atoms with E-state index in [1.165, 1.54) is 4.90 Å². The third-order valence-electron chi connectivity index (χ3n) is 8.82. The molecule has 10 heteroatoms. The number of benzene rings is 2. The highest BCUT2D eigenvalue weighted by atomic mass is 16.3. The number of hydrogen-bond acceptors (Lipinski definition) is 9. The number of phenolic OH excluding ortho intramolecular Hbond substituents is 1. The summed E-state index contributed by atoms with van der Waals surface area (Å²) in [5, 5.41) is 50.1. The molecule has 4 aliphatic carbocycles. The minimum absolute atomic E-state index is 0.0237. The van der Waals surface area contributed by atoms with Gasteiger partial charge >= 0.3 is 0 Å². The van der Waals surface area contributed by atoms with E-state index in [9.17, 15) is 34.8 Å². The number of likely N-dealkylation sites (N-methyl/N-ethyl adjacent to an activating group) is 1. The second-order valence-electron chi connectivity index (χ2n) is 11.4. The summed E-state index contributed by atoms with van der Waals surface area (Å²) in [6, 6.07) is 6.90. The molecule has 7 N–H and O–H groups in total. The van der Waals surface area contributed by atoms with Gasteiger partial charge in [-0.1, -0.05) is 18.2 Å². The number of aromatic hydroxyl groups is 1. The van der Waals surface area contributed by atoms with Crippen molar-refractivity contribution in [3.05, 3.63) is 63.6 Å². The summed E-state index contributed by atoms with van der Waals surface area (Å²) >= 11 is 0. The van der Waals surface area contributed by atoms with E-state index < -0.39 is 58.0 Å². The summed E-state index contributed by atoms with van der Waals surface area (Å²) in [5.41, 5.74) is 3.39. The topological polar surface area (TPSA) is 173 Å². The van der Waals surface area contributed by atoms with Crippen LogP contribution in [0.4, 0.5) is 0 Å². The van der Waals surface area contributed by atoms with Gasteiger partial charge < -0.3 is 31.5 Å². The van der Waals surface area contributed by atoms with Gasteiger partial charge in [0.25, 0.3) is 5.91 Å². The van der Waals surface area contributed by atoms with E-state index in [1.807, 2.05) is 18.2 Å². The lowest BCUT2D eigenvalue weighted by atomic mass is 9.58. The maximum atomic E-state index is 13.9. The Hall–Kier alpha value is -3.73. The molecular weight excluding hydrogens is 502 g/mol. The van der Waals surface area contributed by atoms with Gasteiger partial charge in [0, 0.05) is 29.5 Å². The van der Waals surface area contributed by atoms with Gasteiger partial charge in [-0.25, -0.2) is 0 Å². The van der Waals surface area contributed by atoms with Crippen LogP contribution in [0, 0.1) is 11.8 Å². The Morgan fingerprint density at radius 1 is 1.15 bits per heavy atom. The van der Waals surface area contributed by atoms with E-state index in [4.69, 9.17) is 5.73 Å². The van der Waals surface area contributed by atoms with Crippen LogP contribution in [-0.4, -0.2) is 74.6 Å². The highest BCUT2D eigenvalue weighted by Crippen LogP contribution is 2.52. The third kappa shape index (κ3) is 3.55. The first-order valence-electron chi connectivity index (χ1n) is 13.1. The molecule has 0 radical (unpaired) electrons. The number of nitrogens with zero attached hydrogens (tertiary/aromatic N) is 1. The number of rotatable bonds is 5. The maximum Gasteiger partial charge on any atom is 0.255 e. The fourth-order valence-corrected chi connectivity index (χ4v) is 6.80. The number of allylic oxidation sites excluding steroid dienone is 1. The first kappa shape index (κ1) is 25.5. The maximum absolute atomic E-state index is 13.9. The number of primary amides is 1. The van der Waals surface area contributed by atoms with Crippen LogP contribution in [0.1, 0.15) is 40.7 Å². The van der Waals surface area contributed by atoms with E-state index in [0.29, 0.717) is 23.5 Å². The lowest BCUT2D eigenvalue weighted by Gasteiger charge is -2.50. The number of nitrogens with one attached hydrogen (secondary N) is 1. The highest BCUT2D eigenvalue weighted by molar-refractivity contribution is 6.25. The fraction of sp³-hybridized carbons (Fsp3) is 0.414. The predicted octanol–water partition coefficient (Wildman–Crippen LogP) is 1.53. The molecule has 0 unspecified atom stereocenters. The Labute approximate surface area is 224 Å². The van der Waals surface area contributed by atoms with Gasteiger partial charge in [0.15, 0.2) is 11.4 Å². The number of carbonyl (C=O) groups excluding carboxylic acids is 3. The van der Waals surface area contributed by atoms with Crippen molar-refractivity contribution in [1.82, 2.24) is 10.2 Å². The Morgan fingerprint density at radius 3 is 2.51 bits per heavy atom. The van der Waals surface area contributed by atoms with Gasteiger partial charge in [-0.2, -0.15) is 0 Å². The first-order chi connectivity index (χ1) is 18.5. The third-order valence-corrected chi connectivity index (χ3v) is 8.82. The molecule has 1 saturated carbocycles. The largest absolute Gasteiger partial charge is 0.510 e. The minimum Gasteiger partial charge on any atom is -0.510 e. The van der Waals surface area contributed by atoms with E-state index >= 15 is 0 Å². The van der Waals surface area contributed by atoms with Gasteiger partial charge in [-0.15, -0.1) is 0 Å². The summed E-state index contributed by atoms with van der Waals surface area (Å²) in [7, 11) is 3.21. The van der Waals surface area contributed by atoms with Crippen LogP contribution in [0.25, 0.3) is 10.8 Å². The van der Waals surface area contributed by atoms with Gasteiger partial charge in [-0.3, -0.25) is 19.3 Å². The molecule has 204 valence electrons. The number of Topliss-reactive ketones (excluding diaryl/α,β-unsaturated/α-hetero) is 2. The summed E-state index contributed by atoms with van der Waals surface area (Å²) < 4.78 is 0. The summed E-state index contributed by atoms with van der Waals surface area (Å²) in [6.07, 6.45) is 2.60. The van der Waals surface area contributed by atoms with Crippen molar-refractivity contribution in [3.8, 4) is 5.75 Å². The van der Waals surface area contributed by atoms with Crippen molar-refractivity contribution >= 4 is 28.2 Å². The normalized spacial score (nSPS) is 28.6. The molecule has 1 amide bonds. The minimum atomic E-state index is -2.64. The zero-order chi connectivity index (χ0) is 28.0. The highest BCUT2D eigenvalue weighted by Gasteiger charge is 2.63. The smallest absolute Gasteiger partial charge is 0.255 e. The quantitative estimate of drug-likeness (QED) is 0.312. The fourth-order valence-electron chi connectivity index (χ4n) is 6.80. The molecule has 10 nitrogen and oxygen atoms in total. The van der Waals surface area contributed by atoms with Crippen LogP contribution in [0.2, 0.25) is 0 Å². The van der Waals surface area contributed by atoms with Crippen LogP contribution < -0.4 is 11.1 Å². The molecule has 0 saturated heterocycles. The van der Waals surface area contributed by atoms with Crippen LogP contribution >= 0.6 is 0 Å². The molecule has 0 aromatic heterocycles. The predicted molar refractivity (Wildman–Crippen MR) is 141 cm³/mol. The molecule has 0 aliphatic heterocycles. The summed E-state index contributed by atoms with van der Waals surface area (Å²) in [4.78, 5) is 40.9. The number of ketones is 2. The van der Waals surface area contributed by atoms with Crippen molar-refractivity contribution in [2.45, 2.75) is 49.9 Å². The Kier molecular flexibility index (Phi) is 5.66. The van der Waals surface area contributed by atoms with Gasteiger partial charge in [0.2, 0.25) is 5.78 Å². The van der Waals surface area contributed by atoms with Gasteiger partial charge in [0.1, 0.15) is 22.8 Å². The van der Waals surface area contributed by atoms with Crippen molar-refractivity contribution in [2.75, 3.05) is 14.1 Å². The van der Waals surface area contributed by atoms with E-state index in [1.54, 1.807) is 20.2 Å². The number of amides is 1. The molecule has 4 aliphatic rings. The van der Waals surface area contributed by atoms with Crippen molar-refractivity contribution in [2.24, 2.45) is 17.6 Å². The molecule has 4 atom stereocenters. The summed E-state index contributed by atoms with van der Waals surface area (Å²) in [5.74, 6) is -6.46. The first-order valence-corrected chi connectivity index (χ1v) is 13.1. The Morgan fingerprint density at radius 2 is 1.87 bits per heavy atom. The molecule has 0 bridgehead atoms. The molecule has 1 fully saturated rings. The van der Waals surface area contributed by atoms with E-state index in [-0.39, 0.29) is 29.7 Å². The Bertz CT molecular complexity index is 1540. The van der Waals surface area contributed by atoms with Gasteiger partial charge in [-0.05, 0) is 68.3 Å². The van der Waals surface area contributed by atoms with E-state index in [2.05, 4.69) is 5.32 Å². The SMILES string of the molecule is CN(C)[C@@H]1C(O)=C(C(N)=O)C(=O)[C@@]2(O)C(O)=C3C(=O)c4c(cc5c(CNC6CC6)cccc5c4O)C[C@H]3C[C@@H]12. The molecule has 6 rings (SSSR count). The molecule has 0 spiro atoms. The number of phenols is 1. The summed E-state index contributed by atoms with van der Waals surface area (Å²) in [6.45, 7) is 0.624. The number of aliphatic hydroxyl groups is 3. The van der Waals surface area contributed by atoms with Crippen molar-refractivity contribution < 1.29 is 34.8 Å². The molecule has 39 heavy (non-hydrogen) atoms. The number of nitrogens with two attached hydrogens (primary N) is 1. The zero-order valence-corrected chi connectivity index (χ0v) is 21.7. The lowest BCUT2D eigenvalue weighted by molar-refractivity contribution is -0.148. The van der Waals surface area contributed by atoms with Crippen LogP contribution in [0.5, 0.6) is 5.75 Å². The van der Waals surface area contributed by atoms with Crippen LogP contribution in [0.3, 0.4) is 0 Å². The zero-order valence-electron chi connectivity index (χ0n) is 21.7. The van der Waals surface area contributed by atoms with Crippen LogP contribution in [0.15, 0.2) is 46.9 Å². The molecule has 0 heterocycles. The molecule has 2 aromatic carbocycles.